The van der Waals surface area contributed by atoms with Crippen molar-refractivity contribution < 1.29 is 9.90 Å². The highest BCUT2D eigenvalue weighted by atomic mass is 16.3. The minimum Gasteiger partial charge on any atom is -0.392 e. The highest BCUT2D eigenvalue weighted by molar-refractivity contribution is 5.98. The van der Waals surface area contributed by atoms with E-state index in [0.29, 0.717) is 12.1 Å². The average molecular weight is 363 g/mol. The van der Waals surface area contributed by atoms with Gasteiger partial charge in [-0.05, 0) is 60.6 Å². The predicted octanol–water partition coefficient (Wildman–Crippen LogP) is 3.21. The van der Waals surface area contributed by atoms with Gasteiger partial charge in [0.15, 0.2) is 0 Å². The van der Waals surface area contributed by atoms with E-state index < -0.39 is 5.91 Å². The first-order chi connectivity index (χ1) is 13.2. The summed E-state index contributed by atoms with van der Waals surface area (Å²) in [5.74, 6) is -0.452. The molecule has 0 atom stereocenters. The van der Waals surface area contributed by atoms with E-state index in [0.717, 1.165) is 40.8 Å². The Labute approximate surface area is 159 Å². The van der Waals surface area contributed by atoms with E-state index in [1.54, 1.807) is 6.07 Å². The molecule has 1 aliphatic heterocycles. The van der Waals surface area contributed by atoms with Gasteiger partial charge in [0, 0.05) is 12.7 Å². The lowest BCUT2D eigenvalue weighted by Crippen LogP contribution is -2.30. The normalized spacial score (nSPS) is 15.3. The van der Waals surface area contributed by atoms with Crippen molar-refractivity contribution >= 4 is 16.8 Å². The molecule has 2 heterocycles. The van der Waals surface area contributed by atoms with Gasteiger partial charge in [-0.3, -0.25) is 9.69 Å². The van der Waals surface area contributed by atoms with Gasteiger partial charge in [0.1, 0.15) is 0 Å². The molecule has 3 aromatic rings. The predicted molar refractivity (Wildman–Crippen MR) is 107 cm³/mol. The zero-order valence-corrected chi connectivity index (χ0v) is 15.4. The van der Waals surface area contributed by atoms with E-state index in [4.69, 9.17) is 5.73 Å². The highest BCUT2D eigenvalue weighted by Crippen LogP contribution is 2.30. The molecule has 1 aliphatic rings. The lowest BCUT2D eigenvalue weighted by molar-refractivity contribution is 0.1000. The topological polar surface area (TPSA) is 71.5 Å². The van der Waals surface area contributed by atoms with Crippen LogP contribution in [0, 0.1) is 0 Å². The van der Waals surface area contributed by atoms with E-state index >= 15 is 0 Å². The van der Waals surface area contributed by atoms with Crippen LogP contribution in [-0.4, -0.2) is 33.6 Å². The minimum absolute atomic E-state index is 0.0611. The van der Waals surface area contributed by atoms with Crippen molar-refractivity contribution in [3.63, 3.8) is 0 Å². The second kappa shape index (κ2) is 7.55. The van der Waals surface area contributed by atoms with Crippen molar-refractivity contribution in [2.24, 2.45) is 5.73 Å². The summed E-state index contributed by atoms with van der Waals surface area (Å²) in [5, 5.41) is 11.1. The van der Waals surface area contributed by atoms with Gasteiger partial charge in [-0.15, -0.1) is 0 Å². The maximum Gasteiger partial charge on any atom is 0.250 e. The molecule has 0 radical (unpaired) electrons. The van der Waals surface area contributed by atoms with Crippen LogP contribution >= 0.6 is 0 Å². The summed E-state index contributed by atoms with van der Waals surface area (Å²) in [6, 6.07) is 13.7. The first-order valence-electron chi connectivity index (χ1n) is 9.53. The molecule has 0 unspecified atom stereocenters. The molecule has 140 valence electrons. The Morgan fingerprint density at radius 3 is 2.56 bits per heavy atom. The van der Waals surface area contributed by atoms with Crippen LogP contribution in [0.1, 0.15) is 40.7 Å². The van der Waals surface area contributed by atoms with E-state index in [9.17, 15) is 9.90 Å². The number of carbonyl (C=O) groups excluding carboxylic acids is 1. The summed E-state index contributed by atoms with van der Waals surface area (Å²) in [7, 11) is 0. The number of hydrogen-bond donors (Lipinski definition) is 2. The van der Waals surface area contributed by atoms with Crippen LogP contribution in [0.4, 0.5) is 0 Å². The number of aliphatic hydroxyl groups is 1. The van der Waals surface area contributed by atoms with Crippen LogP contribution in [0.5, 0.6) is 0 Å². The first kappa shape index (κ1) is 17.8. The number of aliphatic hydroxyl groups excluding tert-OH is 1. The zero-order valence-electron chi connectivity index (χ0n) is 15.4. The summed E-state index contributed by atoms with van der Waals surface area (Å²) in [5.41, 5.74) is 9.86. The van der Waals surface area contributed by atoms with Crippen LogP contribution in [0.2, 0.25) is 0 Å². The Balaban J connectivity index is 1.92. The third kappa shape index (κ3) is 3.36. The van der Waals surface area contributed by atoms with Gasteiger partial charge in [-0.25, -0.2) is 0 Å². The van der Waals surface area contributed by atoms with E-state index in [-0.39, 0.29) is 6.61 Å². The molecule has 3 N–H and O–H groups in total. The summed E-state index contributed by atoms with van der Waals surface area (Å²) in [6.45, 7) is 2.72. The maximum absolute atomic E-state index is 12.2. The molecule has 1 amide bonds. The Kier molecular flexibility index (Phi) is 4.97. The van der Waals surface area contributed by atoms with Crippen LogP contribution in [0.15, 0.2) is 48.7 Å². The molecule has 1 saturated heterocycles. The number of nitrogens with zero attached hydrogens (tertiary/aromatic N) is 2. The molecule has 1 aromatic heterocycles. The maximum atomic E-state index is 12.2. The fourth-order valence-electron chi connectivity index (χ4n) is 4.10. The lowest BCUT2D eigenvalue weighted by Gasteiger charge is -2.29. The molecule has 0 saturated carbocycles. The molecule has 0 bridgehead atoms. The molecular weight excluding hydrogens is 338 g/mol. The number of benzene rings is 2. The monoisotopic (exact) mass is 363 g/mol. The third-order valence-electron chi connectivity index (χ3n) is 5.49. The van der Waals surface area contributed by atoms with Crippen molar-refractivity contribution in [2.45, 2.75) is 32.4 Å². The van der Waals surface area contributed by atoms with Gasteiger partial charge in [0.2, 0.25) is 0 Å². The van der Waals surface area contributed by atoms with Gasteiger partial charge < -0.3 is 15.4 Å². The molecule has 27 heavy (non-hydrogen) atoms. The number of primary amides is 1. The van der Waals surface area contributed by atoms with Crippen molar-refractivity contribution in [3.05, 3.63) is 65.4 Å². The molecule has 4 rings (SSSR count). The zero-order chi connectivity index (χ0) is 18.8. The van der Waals surface area contributed by atoms with Gasteiger partial charge in [0.25, 0.3) is 5.91 Å². The molecular formula is C22H25N3O2. The van der Waals surface area contributed by atoms with E-state index in [2.05, 4.69) is 11.0 Å². The number of rotatable bonds is 5. The molecule has 0 aliphatic carbocycles. The molecule has 2 aromatic carbocycles. The summed E-state index contributed by atoms with van der Waals surface area (Å²) in [4.78, 5) is 14.6. The van der Waals surface area contributed by atoms with Crippen molar-refractivity contribution in [1.29, 1.82) is 0 Å². The summed E-state index contributed by atoms with van der Waals surface area (Å²) < 4.78 is 2.04. The fraction of sp³-hybridized carbons (Fsp3) is 0.318. The Morgan fingerprint density at radius 2 is 1.81 bits per heavy atom. The van der Waals surface area contributed by atoms with E-state index in [1.807, 2.05) is 41.1 Å². The smallest absolute Gasteiger partial charge is 0.250 e. The van der Waals surface area contributed by atoms with Crippen LogP contribution < -0.4 is 5.73 Å². The Hall–Kier alpha value is -2.63. The number of carbonyl (C=O) groups is 1. The Bertz CT molecular complexity index is 971. The van der Waals surface area contributed by atoms with Gasteiger partial charge in [0.05, 0.1) is 23.4 Å². The van der Waals surface area contributed by atoms with Gasteiger partial charge in [-0.1, -0.05) is 30.7 Å². The molecule has 5 heteroatoms. The van der Waals surface area contributed by atoms with Gasteiger partial charge in [-0.2, -0.15) is 0 Å². The van der Waals surface area contributed by atoms with Crippen LogP contribution in [0.3, 0.4) is 0 Å². The van der Waals surface area contributed by atoms with Crippen LogP contribution in [-0.2, 0) is 13.2 Å². The molecule has 1 fully saturated rings. The number of hydrogen-bond acceptors (Lipinski definition) is 3. The number of aromatic nitrogens is 1. The van der Waals surface area contributed by atoms with Crippen LogP contribution in [0.25, 0.3) is 16.6 Å². The number of para-hydroxylation sites is 1. The molecule has 5 nitrogen and oxygen atoms in total. The number of amides is 1. The largest absolute Gasteiger partial charge is 0.392 e. The lowest BCUT2D eigenvalue weighted by atomic mass is 9.98. The summed E-state index contributed by atoms with van der Waals surface area (Å²) >= 11 is 0. The quantitative estimate of drug-likeness (QED) is 0.731. The minimum atomic E-state index is -0.452. The van der Waals surface area contributed by atoms with Crippen molar-refractivity contribution in [3.8, 4) is 5.69 Å². The number of likely N-dealkylation sites (tertiary alicyclic amines) is 1. The van der Waals surface area contributed by atoms with E-state index in [1.165, 1.54) is 19.3 Å². The van der Waals surface area contributed by atoms with Gasteiger partial charge >= 0.3 is 0 Å². The SMILES string of the molecule is NC(=O)c1ccc(CO)c(CN2CCCCC2)c1-n1ccc2ccccc21. The molecule has 0 spiro atoms. The van der Waals surface area contributed by atoms with Crippen molar-refractivity contribution in [2.75, 3.05) is 13.1 Å². The second-order valence-corrected chi connectivity index (χ2v) is 7.20. The highest BCUT2D eigenvalue weighted by Gasteiger charge is 2.21. The Morgan fingerprint density at radius 1 is 1.04 bits per heavy atom. The average Bonchev–Trinajstić information content (AvgIpc) is 3.12. The third-order valence-corrected chi connectivity index (χ3v) is 5.49. The number of nitrogens with two attached hydrogens (primary N) is 1. The fourth-order valence-corrected chi connectivity index (χ4v) is 4.10. The first-order valence-corrected chi connectivity index (χ1v) is 9.53. The summed E-state index contributed by atoms with van der Waals surface area (Å²) in [6.07, 6.45) is 5.62. The standard InChI is InChI=1S/C22H25N3O2/c23-22(27)18-9-8-17(15-26)19(14-24-11-4-1-5-12-24)21(18)25-13-10-16-6-2-3-7-20(16)25/h2-3,6-10,13,26H,1,4-5,11-12,14-15H2,(H2,23,27). The van der Waals surface area contributed by atoms with Crippen molar-refractivity contribution in [1.82, 2.24) is 9.47 Å². The second-order valence-electron chi connectivity index (χ2n) is 7.20. The number of fused-ring (bicyclic) bond motifs is 1. The number of piperidine rings is 1.